The molecule has 0 spiro atoms. The zero-order valence-corrected chi connectivity index (χ0v) is 13.0. The van der Waals surface area contributed by atoms with Crippen LogP contribution >= 0.6 is 0 Å². The fourth-order valence-electron chi connectivity index (χ4n) is 3.46. The van der Waals surface area contributed by atoms with Crippen molar-refractivity contribution in [2.75, 3.05) is 7.11 Å². The summed E-state index contributed by atoms with van der Waals surface area (Å²) in [6.07, 6.45) is 14.8. The van der Waals surface area contributed by atoms with E-state index in [1.807, 2.05) is 7.11 Å². The highest BCUT2D eigenvalue weighted by atomic mass is 16.5. The van der Waals surface area contributed by atoms with Gasteiger partial charge in [-0.3, -0.25) is 11.3 Å². The van der Waals surface area contributed by atoms with Gasteiger partial charge in [0.15, 0.2) is 0 Å². The van der Waals surface area contributed by atoms with E-state index in [0.29, 0.717) is 18.1 Å². The van der Waals surface area contributed by atoms with Gasteiger partial charge in [0.2, 0.25) is 0 Å². The molecule has 2 atom stereocenters. The van der Waals surface area contributed by atoms with Gasteiger partial charge in [-0.2, -0.15) is 0 Å². The topological polar surface area (TPSA) is 47.3 Å². The molecular weight excluding hydrogens is 236 g/mol. The Kier molecular flexibility index (Phi) is 9.48. The first-order valence-electron chi connectivity index (χ1n) is 8.32. The number of nitrogens with one attached hydrogen (secondary N) is 1. The van der Waals surface area contributed by atoms with Crippen LogP contribution in [0.3, 0.4) is 0 Å². The first kappa shape index (κ1) is 16.9. The van der Waals surface area contributed by atoms with Gasteiger partial charge in [-0.1, -0.05) is 58.3 Å². The molecule has 3 nitrogen and oxygen atoms in total. The maximum atomic E-state index is 5.78. The molecule has 0 aromatic rings. The number of methoxy groups -OCH3 is 1. The van der Waals surface area contributed by atoms with E-state index in [1.165, 1.54) is 64.2 Å². The van der Waals surface area contributed by atoms with E-state index in [2.05, 4.69) is 12.3 Å². The Morgan fingerprint density at radius 3 is 2.37 bits per heavy atom. The molecule has 0 heterocycles. The SMILES string of the molecule is CCCCCCCC(NN)C(OC)C1CCCCC1. The molecule has 1 aliphatic rings. The fourth-order valence-corrected chi connectivity index (χ4v) is 3.46. The second-order valence-corrected chi connectivity index (χ2v) is 6.07. The quantitative estimate of drug-likeness (QED) is 0.361. The van der Waals surface area contributed by atoms with Crippen LogP contribution < -0.4 is 11.3 Å². The average molecular weight is 270 g/mol. The molecule has 0 saturated heterocycles. The van der Waals surface area contributed by atoms with E-state index >= 15 is 0 Å². The summed E-state index contributed by atoms with van der Waals surface area (Å²) in [6, 6.07) is 0.328. The first-order chi connectivity index (χ1) is 9.33. The number of unbranched alkanes of at least 4 members (excludes halogenated alkanes) is 4. The second-order valence-electron chi connectivity index (χ2n) is 6.07. The fraction of sp³-hybridized carbons (Fsp3) is 1.00. The van der Waals surface area contributed by atoms with Gasteiger partial charge in [0.25, 0.3) is 0 Å². The van der Waals surface area contributed by atoms with E-state index in [9.17, 15) is 0 Å². The molecule has 0 amide bonds. The molecule has 0 aliphatic heterocycles. The van der Waals surface area contributed by atoms with Crippen molar-refractivity contribution >= 4 is 0 Å². The van der Waals surface area contributed by atoms with Crippen LogP contribution in [0.5, 0.6) is 0 Å². The number of nitrogens with two attached hydrogens (primary N) is 1. The summed E-state index contributed by atoms with van der Waals surface area (Å²) in [5, 5.41) is 0. The lowest BCUT2D eigenvalue weighted by Crippen LogP contribution is -2.48. The predicted octanol–water partition coefficient (Wildman–Crippen LogP) is 3.77. The minimum absolute atomic E-state index is 0.302. The van der Waals surface area contributed by atoms with Crippen molar-refractivity contribution in [2.24, 2.45) is 11.8 Å². The van der Waals surface area contributed by atoms with Crippen LogP contribution in [0.4, 0.5) is 0 Å². The lowest BCUT2D eigenvalue weighted by atomic mass is 9.81. The highest BCUT2D eigenvalue weighted by Gasteiger charge is 2.29. The lowest BCUT2D eigenvalue weighted by molar-refractivity contribution is 0.00546. The second kappa shape index (κ2) is 10.6. The molecule has 1 fully saturated rings. The molecule has 19 heavy (non-hydrogen) atoms. The van der Waals surface area contributed by atoms with Gasteiger partial charge in [0, 0.05) is 13.2 Å². The average Bonchev–Trinajstić information content (AvgIpc) is 2.47. The van der Waals surface area contributed by atoms with Crippen molar-refractivity contribution in [3.63, 3.8) is 0 Å². The zero-order chi connectivity index (χ0) is 13.9. The van der Waals surface area contributed by atoms with Crippen LogP contribution in [0, 0.1) is 5.92 Å². The van der Waals surface area contributed by atoms with Crippen LogP contribution in [-0.2, 0) is 4.74 Å². The van der Waals surface area contributed by atoms with Gasteiger partial charge in [-0.05, 0) is 25.2 Å². The maximum Gasteiger partial charge on any atom is 0.0765 e. The summed E-state index contributed by atoms with van der Waals surface area (Å²) >= 11 is 0. The Labute approximate surface area is 119 Å². The standard InChI is InChI=1S/C16H34N2O/c1-3-4-5-6-10-13-15(18-17)16(19-2)14-11-8-7-9-12-14/h14-16,18H,3-13,17H2,1-2H3. The molecule has 0 radical (unpaired) electrons. The van der Waals surface area contributed by atoms with Gasteiger partial charge < -0.3 is 4.74 Å². The third-order valence-corrected chi connectivity index (χ3v) is 4.62. The number of ether oxygens (including phenoxy) is 1. The Bertz CT molecular complexity index is 205. The smallest absolute Gasteiger partial charge is 0.0765 e. The van der Waals surface area contributed by atoms with E-state index in [1.54, 1.807) is 0 Å². The maximum absolute atomic E-state index is 5.78. The van der Waals surface area contributed by atoms with Crippen molar-refractivity contribution in [2.45, 2.75) is 89.7 Å². The van der Waals surface area contributed by atoms with Crippen LogP contribution in [-0.4, -0.2) is 19.3 Å². The predicted molar refractivity (Wildman–Crippen MR) is 81.9 cm³/mol. The van der Waals surface area contributed by atoms with Crippen molar-refractivity contribution in [1.29, 1.82) is 0 Å². The molecule has 0 bridgehead atoms. The molecule has 1 saturated carbocycles. The Balaban J connectivity index is 2.32. The van der Waals surface area contributed by atoms with Crippen LogP contribution in [0.15, 0.2) is 0 Å². The summed E-state index contributed by atoms with van der Waals surface area (Å²) in [5.74, 6) is 6.47. The lowest BCUT2D eigenvalue weighted by Gasteiger charge is -2.34. The summed E-state index contributed by atoms with van der Waals surface area (Å²) < 4.78 is 5.78. The van der Waals surface area contributed by atoms with Gasteiger partial charge in [-0.15, -0.1) is 0 Å². The molecule has 0 aromatic heterocycles. The van der Waals surface area contributed by atoms with Gasteiger partial charge in [0.1, 0.15) is 0 Å². The van der Waals surface area contributed by atoms with E-state index < -0.39 is 0 Å². The summed E-state index contributed by atoms with van der Waals surface area (Å²) in [5.41, 5.74) is 3.02. The Hall–Kier alpha value is -0.120. The molecule has 3 heteroatoms. The Morgan fingerprint density at radius 1 is 1.11 bits per heavy atom. The molecule has 114 valence electrons. The minimum Gasteiger partial charge on any atom is -0.379 e. The highest BCUT2D eigenvalue weighted by molar-refractivity contribution is 4.83. The molecule has 1 aliphatic carbocycles. The van der Waals surface area contributed by atoms with E-state index in [-0.39, 0.29) is 0 Å². The number of hydrogen-bond donors (Lipinski definition) is 2. The minimum atomic E-state index is 0.302. The highest BCUT2D eigenvalue weighted by Crippen LogP contribution is 2.30. The van der Waals surface area contributed by atoms with Crippen LogP contribution in [0.1, 0.15) is 77.6 Å². The van der Waals surface area contributed by atoms with Crippen LogP contribution in [0.2, 0.25) is 0 Å². The van der Waals surface area contributed by atoms with Crippen molar-refractivity contribution in [1.82, 2.24) is 5.43 Å². The van der Waals surface area contributed by atoms with Gasteiger partial charge in [-0.25, -0.2) is 0 Å². The molecule has 2 unspecified atom stereocenters. The third kappa shape index (κ3) is 6.24. The zero-order valence-electron chi connectivity index (χ0n) is 13.0. The summed E-state index contributed by atoms with van der Waals surface area (Å²) in [7, 11) is 1.85. The van der Waals surface area contributed by atoms with Gasteiger partial charge in [0.05, 0.1) is 6.10 Å². The van der Waals surface area contributed by atoms with Crippen molar-refractivity contribution < 1.29 is 4.74 Å². The Morgan fingerprint density at radius 2 is 1.79 bits per heavy atom. The number of hydrogen-bond acceptors (Lipinski definition) is 3. The normalized spacial score (nSPS) is 20.4. The van der Waals surface area contributed by atoms with Crippen molar-refractivity contribution in [3.8, 4) is 0 Å². The number of hydrazine groups is 1. The van der Waals surface area contributed by atoms with E-state index in [0.717, 1.165) is 6.42 Å². The molecule has 1 rings (SSSR count). The molecule has 0 aromatic carbocycles. The number of rotatable bonds is 10. The third-order valence-electron chi connectivity index (χ3n) is 4.62. The molecular formula is C16H34N2O. The van der Waals surface area contributed by atoms with Crippen LogP contribution in [0.25, 0.3) is 0 Å². The first-order valence-corrected chi connectivity index (χ1v) is 8.32. The molecule has 3 N–H and O–H groups in total. The summed E-state index contributed by atoms with van der Waals surface area (Å²) in [4.78, 5) is 0. The summed E-state index contributed by atoms with van der Waals surface area (Å²) in [6.45, 7) is 2.26. The van der Waals surface area contributed by atoms with Gasteiger partial charge >= 0.3 is 0 Å². The monoisotopic (exact) mass is 270 g/mol. The van der Waals surface area contributed by atoms with E-state index in [4.69, 9.17) is 10.6 Å². The van der Waals surface area contributed by atoms with Crippen molar-refractivity contribution in [3.05, 3.63) is 0 Å². The largest absolute Gasteiger partial charge is 0.379 e.